The van der Waals surface area contributed by atoms with Gasteiger partial charge in [-0.05, 0) is 31.5 Å². The number of aromatic carboxylic acids is 1. The molecular weight excluding hydrogens is 413 g/mol. The number of pyridine rings is 2. The third-order valence-electron chi connectivity index (χ3n) is 6.00. The smallest absolute Gasteiger partial charge is 0.341 e. The van der Waals surface area contributed by atoms with E-state index >= 15 is 4.39 Å². The van der Waals surface area contributed by atoms with Crippen LogP contribution < -0.4 is 15.6 Å². The second-order valence-corrected chi connectivity index (χ2v) is 7.92. The number of nitrogens with one attached hydrogen (secondary N) is 1. The molecule has 31 heavy (non-hydrogen) atoms. The van der Waals surface area contributed by atoms with E-state index in [0.717, 1.165) is 35.4 Å². The molecule has 5 rings (SSSR count). The van der Waals surface area contributed by atoms with Gasteiger partial charge in [0, 0.05) is 36.9 Å². The van der Waals surface area contributed by atoms with Crippen LogP contribution >= 0.6 is 0 Å². The topological polar surface area (TPSA) is 87.5 Å². The Hall–Kier alpha value is -3.40. The Morgan fingerprint density at radius 2 is 2.00 bits per heavy atom. The highest BCUT2D eigenvalue weighted by atomic mass is 19.1. The molecule has 0 amide bonds. The lowest BCUT2D eigenvalue weighted by atomic mass is 10.1. The van der Waals surface area contributed by atoms with Crippen LogP contribution in [-0.4, -0.2) is 45.3 Å². The summed E-state index contributed by atoms with van der Waals surface area (Å²) in [5, 5.41) is 12.5. The zero-order valence-corrected chi connectivity index (χ0v) is 16.3. The number of benzene rings is 1. The molecule has 2 N–H and O–H groups in total. The molecule has 0 aliphatic carbocycles. The molecular formula is C21H17F3N4O3. The van der Waals surface area contributed by atoms with Crippen molar-refractivity contribution in [1.29, 1.82) is 0 Å². The first kappa shape index (κ1) is 19.6. The third kappa shape index (κ3) is 2.97. The number of fused-ring (bicyclic) bond motifs is 3. The van der Waals surface area contributed by atoms with Crippen LogP contribution in [0.3, 0.4) is 0 Å². The molecule has 4 heterocycles. The Bertz CT molecular complexity index is 1310. The predicted octanol–water partition coefficient (Wildman–Crippen LogP) is 2.44. The number of halogens is 3. The largest absolute Gasteiger partial charge is 0.477 e. The molecule has 2 aliphatic heterocycles. The first-order valence-electron chi connectivity index (χ1n) is 9.72. The zero-order valence-electron chi connectivity index (χ0n) is 16.3. The highest BCUT2D eigenvalue weighted by Gasteiger charge is 2.44. The number of piperazine rings is 1. The number of carboxylic acid groups (broad SMARTS) is 1. The van der Waals surface area contributed by atoms with Gasteiger partial charge in [0.1, 0.15) is 17.2 Å². The molecule has 2 bridgehead atoms. The average Bonchev–Trinajstić information content (AvgIpc) is 3.28. The Morgan fingerprint density at radius 3 is 2.65 bits per heavy atom. The Morgan fingerprint density at radius 1 is 1.23 bits per heavy atom. The quantitative estimate of drug-likeness (QED) is 0.664. The minimum absolute atomic E-state index is 0.00507. The second kappa shape index (κ2) is 6.81. The average molecular weight is 430 g/mol. The number of anilines is 1. The third-order valence-corrected chi connectivity index (χ3v) is 6.00. The van der Waals surface area contributed by atoms with E-state index in [4.69, 9.17) is 0 Å². The summed E-state index contributed by atoms with van der Waals surface area (Å²) in [4.78, 5) is 30.4. The highest BCUT2D eigenvalue weighted by molar-refractivity contribution is 5.92. The molecule has 2 aromatic heterocycles. The first-order valence-corrected chi connectivity index (χ1v) is 9.72. The van der Waals surface area contributed by atoms with Gasteiger partial charge in [0.2, 0.25) is 5.43 Å². The SMILES string of the molecule is C[C@@H]1N[C@@H]2C[C@H]1N(c1nc3c(cc1F)c(=O)c(C(=O)O)cn3-c1ccc(F)cc1F)C2. The summed E-state index contributed by atoms with van der Waals surface area (Å²) in [6, 6.07) is 3.98. The normalized spacial score (nSPS) is 22.5. The molecule has 7 nitrogen and oxygen atoms in total. The molecule has 0 unspecified atom stereocenters. The van der Waals surface area contributed by atoms with Gasteiger partial charge in [0.15, 0.2) is 17.3 Å². The number of carboxylic acids is 1. The number of carbonyl (C=O) groups is 1. The molecule has 3 aromatic rings. The van der Waals surface area contributed by atoms with Gasteiger partial charge in [-0.15, -0.1) is 0 Å². The number of aromatic nitrogens is 2. The first-order chi connectivity index (χ1) is 14.7. The monoisotopic (exact) mass is 430 g/mol. The number of hydrogen-bond donors (Lipinski definition) is 2. The van der Waals surface area contributed by atoms with Crippen molar-refractivity contribution in [2.45, 2.75) is 31.5 Å². The maximum absolute atomic E-state index is 15.1. The van der Waals surface area contributed by atoms with Crippen LogP contribution in [-0.2, 0) is 0 Å². The predicted molar refractivity (Wildman–Crippen MR) is 106 cm³/mol. The molecule has 2 fully saturated rings. The lowest BCUT2D eigenvalue weighted by Crippen LogP contribution is -2.50. The van der Waals surface area contributed by atoms with Gasteiger partial charge in [0.25, 0.3) is 0 Å². The fourth-order valence-corrected chi connectivity index (χ4v) is 4.62. The van der Waals surface area contributed by atoms with Crippen molar-refractivity contribution in [2.75, 3.05) is 11.4 Å². The van der Waals surface area contributed by atoms with Gasteiger partial charge in [-0.2, -0.15) is 0 Å². The van der Waals surface area contributed by atoms with Crippen molar-refractivity contribution in [3.63, 3.8) is 0 Å². The minimum Gasteiger partial charge on any atom is -0.477 e. The van der Waals surface area contributed by atoms with Crippen molar-refractivity contribution >= 4 is 22.8 Å². The van der Waals surface area contributed by atoms with Crippen LogP contribution in [0.5, 0.6) is 0 Å². The molecule has 0 spiro atoms. The molecule has 3 atom stereocenters. The summed E-state index contributed by atoms with van der Waals surface area (Å²) in [7, 11) is 0. The van der Waals surface area contributed by atoms with Gasteiger partial charge in [0.05, 0.1) is 11.1 Å². The maximum atomic E-state index is 15.1. The van der Waals surface area contributed by atoms with Crippen molar-refractivity contribution in [1.82, 2.24) is 14.9 Å². The summed E-state index contributed by atoms with van der Waals surface area (Å²) in [6.07, 6.45) is 1.75. The van der Waals surface area contributed by atoms with E-state index in [0.29, 0.717) is 12.6 Å². The van der Waals surface area contributed by atoms with Crippen LogP contribution in [0.25, 0.3) is 16.7 Å². The van der Waals surface area contributed by atoms with Crippen molar-refractivity contribution in [2.24, 2.45) is 0 Å². The Kier molecular flexibility index (Phi) is 4.30. The van der Waals surface area contributed by atoms with Crippen molar-refractivity contribution < 1.29 is 23.1 Å². The molecule has 2 aliphatic rings. The standard InChI is InChI=1S/C21H17F3N4O3/c1-9-17-5-11(25-9)7-27(17)20-15(24)6-12-18(29)13(21(30)31)8-28(19(12)26-20)16-3-2-10(22)4-14(16)23/h2-4,6,8-9,11,17,25H,5,7H2,1H3,(H,30,31)/t9-,11+,17+/m0/s1. The summed E-state index contributed by atoms with van der Waals surface area (Å²) < 4.78 is 44.1. The fourth-order valence-electron chi connectivity index (χ4n) is 4.62. The van der Waals surface area contributed by atoms with Crippen molar-refractivity contribution in [3.8, 4) is 5.69 Å². The Balaban J connectivity index is 1.79. The van der Waals surface area contributed by atoms with Gasteiger partial charge >= 0.3 is 5.97 Å². The van der Waals surface area contributed by atoms with Crippen LogP contribution in [0.4, 0.5) is 19.0 Å². The van der Waals surface area contributed by atoms with Crippen molar-refractivity contribution in [3.05, 3.63) is 63.7 Å². The van der Waals surface area contributed by atoms with E-state index in [-0.39, 0.29) is 40.7 Å². The van der Waals surface area contributed by atoms with E-state index in [1.165, 1.54) is 0 Å². The number of rotatable bonds is 3. The summed E-state index contributed by atoms with van der Waals surface area (Å²) >= 11 is 0. The number of nitrogens with zero attached hydrogens (tertiary/aromatic N) is 3. The molecule has 1 aromatic carbocycles. The molecule has 160 valence electrons. The van der Waals surface area contributed by atoms with Crippen LogP contribution in [0.1, 0.15) is 23.7 Å². The van der Waals surface area contributed by atoms with Gasteiger partial charge in [-0.1, -0.05) is 0 Å². The molecule has 10 heteroatoms. The zero-order chi connectivity index (χ0) is 22.0. The van der Waals surface area contributed by atoms with E-state index in [9.17, 15) is 23.5 Å². The van der Waals surface area contributed by atoms with Gasteiger partial charge < -0.3 is 15.3 Å². The Labute approximate surface area is 173 Å². The lowest BCUT2D eigenvalue weighted by molar-refractivity contribution is 0.0695. The van der Waals surface area contributed by atoms with Crippen LogP contribution in [0.2, 0.25) is 0 Å². The molecule has 0 saturated carbocycles. The maximum Gasteiger partial charge on any atom is 0.341 e. The summed E-state index contributed by atoms with van der Waals surface area (Å²) in [6.45, 7) is 2.51. The van der Waals surface area contributed by atoms with Gasteiger partial charge in [-0.25, -0.2) is 22.9 Å². The fraction of sp³-hybridized carbons (Fsp3) is 0.286. The van der Waals surface area contributed by atoms with E-state index < -0.39 is 34.4 Å². The summed E-state index contributed by atoms with van der Waals surface area (Å²) in [5.41, 5.74) is -1.93. The number of hydrogen-bond acceptors (Lipinski definition) is 5. The molecule has 2 saturated heterocycles. The molecule has 0 radical (unpaired) electrons. The highest BCUT2D eigenvalue weighted by Crippen LogP contribution is 2.34. The van der Waals surface area contributed by atoms with E-state index in [1.807, 2.05) is 11.8 Å². The summed E-state index contributed by atoms with van der Waals surface area (Å²) in [5.74, 6) is -4.11. The minimum atomic E-state index is -1.55. The van der Waals surface area contributed by atoms with Crippen LogP contribution in [0.15, 0.2) is 35.3 Å². The van der Waals surface area contributed by atoms with E-state index in [2.05, 4.69) is 10.3 Å². The van der Waals surface area contributed by atoms with Gasteiger partial charge in [-0.3, -0.25) is 9.36 Å². The van der Waals surface area contributed by atoms with Crippen LogP contribution in [0, 0.1) is 17.5 Å². The second-order valence-electron chi connectivity index (χ2n) is 7.92. The van der Waals surface area contributed by atoms with E-state index in [1.54, 1.807) is 0 Å². The lowest BCUT2D eigenvalue weighted by Gasteiger charge is -2.33.